The molecule has 3 aromatic heterocycles. The Morgan fingerprint density at radius 3 is 1.60 bits per heavy atom. The molecule has 99 heavy (non-hydrogen) atoms. The van der Waals surface area contributed by atoms with Crippen LogP contribution in [0, 0.1) is 11.3 Å². The first-order valence-corrected chi connectivity index (χ1v) is 36.4. The molecule has 3 aliphatic carbocycles. The zero-order chi connectivity index (χ0) is 66.1. The Morgan fingerprint density at radius 2 is 0.909 bits per heavy atom. The predicted molar refractivity (Wildman–Crippen MR) is 425 cm³/mol. The molecule has 12 aromatic carbocycles. The van der Waals surface area contributed by atoms with E-state index in [0.717, 1.165) is 45.4 Å². The van der Waals surface area contributed by atoms with Gasteiger partial charge in [-0.1, -0.05) is 234 Å². The third-order valence-electron chi connectivity index (χ3n) is 22.4. The summed E-state index contributed by atoms with van der Waals surface area (Å²) in [5.74, 6) is 0.466. The Bertz CT molecular complexity index is 6010. The zero-order valence-electron chi connectivity index (χ0n) is 55.5. The SMILES string of the molecule is CC1C(C2=NI=NC(c3cccc(-n4c5ccccc5c5ccccc54)c3)=C2)=CC=CC1n1c2ccccc2c2cc(-c3cccc(-c4ccc(N(c5ccc(-c6ccc7c(c6)c6ccccc6n7-c6ccccc6)cc5)c5ccc6c(c5)C(C)(C)C5(C)C=CC=CC65)cc4)c3)ccc21. The normalized spacial score (nSPS) is 18.4. The Hall–Kier alpha value is -11.3. The number of rotatable bonds is 11. The number of para-hydroxylation sites is 5. The molecule has 0 radical (unpaired) electrons. The fraction of sp³-hybridized carbons (Fsp3) is 0.0978. The molecule has 4 unspecified atom stereocenters. The van der Waals surface area contributed by atoms with Crippen LogP contribution >= 0.6 is 21.3 Å². The van der Waals surface area contributed by atoms with Gasteiger partial charge in [0.05, 0.1) is 39.5 Å². The molecule has 1 aliphatic heterocycles. The van der Waals surface area contributed by atoms with Crippen LogP contribution in [0.15, 0.2) is 340 Å². The highest BCUT2D eigenvalue weighted by Crippen LogP contribution is 2.62. The molecular formula is C92H69IN6. The van der Waals surface area contributed by atoms with Crippen molar-refractivity contribution in [2.45, 2.75) is 45.1 Å². The Labute approximate surface area is 587 Å². The van der Waals surface area contributed by atoms with Crippen molar-refractivity contribution in [1.82, 2.24) is 13.7 Å². The van der Waals surface area contributed by atoms with Crippen LogP contribution in [-0.2, 0) is 5.41 Å². The molecule has 0 saturated carbocycles. The minimum atomic E-state index is -0.802. The fourth-order valence-corrected chi connectivity index (χ4v) is 18.3. The summed E-state index contributed by atoms with van der Waals surface area (Å²) in [5, 5.41) is 7.50. The Kier molecular flexibility index (Phi) is 13.8. The van der Waals surface area contributed by atoms with Crippen molar-refractivity contribution in [2.24, 2.45) is 17.7 Å². The highest BCUT2D eigenvalue weighted by molar-refractivity contribution is 14.1. The predicted octanol–water partition coefficient (Wildman–Crippen LogP) is 25.2. The van der Waals surface area contributed by atoms with E-state index in [1.807, 2.05) is 0 Å². The van der Waals surface area contributed by atoms with E-state index >= 15 is 0 Å². The quantitative estimate of drug-likeness (QED) is 0.119. The second-order valence-electron chi connectivity index (χ2n) is 27.8. The number of allylic oxidation sites excluding steroid dienone is 9. The Balaban J connectivity index is 0.626. The van der Waals surface area contributed by atoms with Crippen LogP contribution in [0.3, 0.4) is 0 Å². The molecule has 4 atom stereocenters. The van der Waals surface area contributed by atoms with Crippen LogP contribution in [0.5, 0.6) is 0 Å². The zero-order valence-corrected chi connectivity index (χ0v) is 57.6. The summed E-state index contributed by atoms with van der Waals surface area (Å²) in [7, 11) is 0. The summed E-state index contributed by atoms with van der Waals surface area (Å²) in [6, 6.07) is 103. The van der Waals surface area contributed by atoms with E-state index in [1.54, 1.807) is 0 Å². The lowest BCUT2D eigenvalue weighted by atomic mass is 9.62. The average molecular weight is 1390 g/mol. The maximum atomic E-state index is 5.20. The van der Waals surface area contributed by atoms with Gasteiger partial charge in [0, 0.05) is 94.6 Å². The first-order valence-electron chi connectivity index (χ1n) is 34.5. The highest BCUT2D eigenvalue weighted by atomic mass is 127. The maximum absolute atomic E-state index is 5.20. The van der Waals surface area contributed by atoms with Gasteiger partial charge >= 0.3 is 0 Å². The molecule has 0 fully saturated rings. The highest BCUT2D eigenvalue weighted by Gasteiger charge is 2.53. The number of aromatic nitrogens is 3. The molecule has 0 saturated heterocycles. The standard InChI is InChI=1S/C92H69IN6/c1-59-72(83-58-82(94-93-95-83)66-23-19-26-70(54-66)98-85-33-12-8-27-73(85)74-28-9-13-34-86(74)98)31-20-37-84(59)99-88-36-15-11-30-76(88)79-56-65(43-51-90(79)99)63-22-18-21-62(53-63)60-38-44-68(45-39-60)96(71-48-49-77-80-32-16-17-52-92(80,4)91(2,3)81(77)57-71)69-46-40-61(41-47-69)64-42-50-89-78(55-64)75-29-10-14-35-87(75)97(89)67-24-6-5-7-25-67/h5-59,80,84H,1-4H3. The summed E-state index contributed by atoms with van der Waals surface area (Å²) < 4.78 is 17.7. The molecule has 7 heteroatoms. The van der Waals surface area contributed by atoms with E-state index < -0.39 is 21.3 Å². The van der Waals surface area contributed by atoms with Gasteiger partial charge in [-0.25, -0.2) is 6.35 Å². The van der Waals surface area contributed by atoms with E-state index in [-0.39, 0.29) is 22.8 Å². The van der Waals surface area contributed by atoms with Crippen LogP contribution in [0.2, 0.25) is 0 Å². The first kappa shape index (κ1) is 59.0. The third-order valence-corrected chi connectivity index (χ3v) is 23.8. The molecule has 4 heterocycles. The second-order valence-corrected chi connectivity index (χ2v) is 29.2. The van der Waals surface area contributed by atoms with Crippen molar-refractivity contribution >= 4 is 115 Å². The number of hydrogen-bond acceptors (Lipinski definition) is 3. The van der Waals surface area contributed by atoms with E-state index in [1.165, 1.54) is 115 Å². The molecule has 0 spiro atoms. The smallest absolute Gasteiger partial charge is 0.143 e. The number of hydrogen-bond donors (Lipinski definition) is 0. The second kappa shape index (κ2) is 23.2. The minimum Gasteiger partial charge on any atom is -0.333 e. The number of nitrogens with zero attached hydrogens (tertiary/aromatic N) is 6. The number of fused-ring (bicyclic) bond motifs is 12. The molecule has 15 aromatic rings. The van der Waals surface area contributed by atoms with Gasteiger partial charge in [0.15, 0.2) is 0 Å². The molecule has 19 rings (SSSR count). The third kappa shape index (κ3) is 9.45. The van der Waals surface area contributed by atoms with Crippen LogP contribution in [-0.4, -0.2) is 19.4 Å². The van der Waals surface area contributed by atoms with E-state index in [9.17, 15) is 0 Å². The van der Waals surface area contributed by atoms with Crippen molar-refractivity contribution in [3.8, 4) is 44.8 Å². The minimum absolute atomic E-state index is 0.0290. The van der Waals surface area contributed by atoms with Crippen molar-refractivity contribution < 1.29 is 0 Å². The van der Waals surface area contributed by atoms with E-state index in [4.69, 9.17) is 6.35 Å². The van der Waals surface area contributed by atoms with Crippen molar-refractivity contribution in [1.29, 1.82) is 0 Å². The molecule has 0 N–H and O–H groups in total. The summed E-state index contributed by atoms with van der Waals surface area (Å²) >= 11 is -0.802. The maximum Gasteiger partial charge on any atom is 0.143 e. The molecule has 0 amide bonds. The lowest BCUT2D eigenvalue weighted by Gasteiger charge is -2.41. The topological polar surface area (TPSA) is 42.8 Å². The van der Waals surface area contributed by atoms with Gasteiger partial charge in [0.2, 0.25) is 0 Å². The first-order chi connectivity index (χ1) is 48.6. The lowest BCUT2D eigenvalue weighted by Crippen LogP contribution is -2.36. The van der Waals surface area contributed by atoms with Crippen LogP contribution < -0.4 is 4.90 Å². The number of benzene rings is 12. The van der Waals surface area contributed by atoms with Crippen molar-refractivity contribution in [2.75, 3.05) is 4.90 Å². The fourth-order valence-electron chi connectivity index (χ4n) is 16.9. The molecule has 6 nitrogen and oxygen atoms in total. The monoisotopic (exact) mass is 1380 g/mol. The van der Waals surface area contributed by atoms with E-state index in [2.05, 4.69) is 374 Å². The summed E-state index contributed by atoms with van der Waals surface area (Å²) in [5.41, 5.74) is 27.1. The van der Waals surface area contributed by atoms with Crippen molar-refractivity contribution in [3.05, 3.63) is 350 Å². The van der Waals surface area contributed by atoms with Crippen LogP contribution in [0.25, 0.3) is 116 Å². The summed E-state index contributed by atoms with van der Waals surface area (Å²) in [6.45, 7) is 9.67. The van der Waals surface area contributed by atoms with E-state index in [0.29, 0.717) is 5.92 Å². The largest absolute Gasteiger partial charge is 0.333 e. The molecule has 4 aliphatic rings. The van der Waals surface area contributed by atoms with Gasteiger partial charge in [-0.15, -0.1) is 0 Å². The van der Waals surface area contributed by atoms with Gasteiger partial charge in [-0.2, -0.15) is 0 Å². The lowest BCUT2D eigenvalue weighted by molar-refractivity contribution is 0.245. The summed E-state index contributed by atoms with van der Waals surface area (Å²) in [4.78, 5) is 2.45. The summed E-state index contributed by atoms with van der Waals surface area (Å²) in [6.07, 6.45) is 18.4. The average Bonchev–Trinajstić information content (AvgIpc) is 1.56. The van der Waals surface area contributed by atoms with Gasteiger partial charge in [0.1, 0.15) is 21.3 Å². The van der Waals surface area contributed by atoms with Gasteiger partial charge < -0.3 is 18.6 Å². The van der Waals surface area contributed by atoms with Gasteiger partial charge in [-0.05, 0) is 177 Å². The van der Waals surface area contributed by atoms with Gasteiger partial charge in [-0.3, -0.25) is 0 Å². The number of halogens is 1. The van der Waals surface area contributed by atoms with Gasteiger partial charge in [0.25, 0.3) is 0 Å². The number of anilines is 3. The molecule has 0 bridgehead atoms. The Morgan fingerprint density at radius 1 is 0.404 bits per heavy atom. The molecular weight excluding hydrogens is 1320 g/mol. The van der Waals surface area contributed by atoms with Crippen LogP contribution in [0.1, 0.15) is 56.3 Å². The van der Waals surface area contributed by atoms with Crippen molar-refractivity contribution in [3.63, 3.8) is 0 Å². The molecule has 474 valence electrons. The van der Waals surface area contributed by atoms with Crippen LogP contribution in [0.4, 0.5) is 17.1 Å².